The van der Waals surface area contributed by atoms with Gasteiger partial charge in [0.25, 0.3) is 0 Å². The fraction of sp³-hybridized carbons (Fsp3) is 1.00. The topological polar surface area (TPSA) is 23.5 Å². The van der Waals surface area contributed by atoms with Crippen LogP contribution < -0.4 is 0 Å². The minimum atomic E-state index is 0.386. The van der Waals surface area contributed by atoms with E-state index >= 15 is 0 Å². The molecule has 0 spiro atoms. The number of hydrogen-bond donors (Lipinski definition) is 1. The van der Waals surface area contributed by atoms with E-state index in [9.17, 15) is 0 Å². The van der Waals surface area contributed by atoms with Crippen LogP contribution in [0.3, 0.4) is 0 Å². The monoisotopic (exact) mass is 155 g/mol. The van der Waals surface area contributed by atoms with Crippen molar-refractivity contribution in [1.29, 1.82) is 0 Å². The summed E-state index contributed by atoms with van der Waals surface area (Å²) >= 11 is 0. The van der Waals surface area contributed by atoms with Crippen molar-refractivity contribution in [1.82, 2.24) is 4.90 Å². The Bertz CT molecular complexity index is 167. The Kier molecular flexibility index (Phi) is 1.52. The van der Waals surface area contributed by atoms with Gasteiger partial charge in [-0.25, -0.2) is 0 Å². The largest absolute Gasteiger partial charge is 0.396 e. The van der Waals surface area contributed by atoms with Gasteiger partial charge in [0.2, 0.25) is 0 Å². The molecule has 2 nitrogen and oxygen atoms in total. The molecule has 0 amide bonds. The van der Waals surface area contributed by atoms with E-state index in [1.165, 1.54) is 19.4 Å². The highest BCUT2D eigenvalue weighted by atomic mass is 16.3. The summed E-state index contributed by atoms with van der Waals surface area (Å²) in [6.07, 6.45) is 2.54. The third-order valence-electron chi connectivity index (χ3n) is 3.26. The van der Waals surface area contributed by atoms with Crippen molar-refractivity contribution < 1.29 is 5.11 Å². The lowest BCUT2D eigenvalue weighted by molar-refractivity contribution is 0.000424. The Balaban J connectivity index is 1.89. The molecule has 2 fully saturated rings. The van der Waals surface area contributed by atoms with E-state index in [1.54, 1.807) is 0 Å². The maximum absolute atomic E-state index is 8.89. The van der Waals surface area contributed by atoms with E-state index in [4.69, 9.17) is 5.11 Å². The summed E-state index contributed by atoms with van der Waals surface area (Å²) in [5.74, 6) is 0.592. The normalized spacial score (nSPS) is 41.7. The fourth-order valence-corrected chi connectivity index (χ4v) is 2.11. The second-order valence-electron chi connectivity index (χ2n) is 4.50. The molecule has 0 radical (unpaired) electrons. The smallest absolute Gasteiger partial charge is 0.0474 e. The second kappa shape index (κ2) is 2.20. The van der Waals surface area contributed by atoms with Crippen LogP contribution in [0.25, 0.3) is 0 Å². The summed E-state index contributed by atoms with van der Waals surface area (Å²) in [7, 11) is 0. The highest BCUT2D eigenvalue weighted by Crippen LogP contribution is 2.44. The van der Waals surface area contributed by atoms with Crippen LogP contribution in [0.1, 0.15) is 26.7 Å². The fourth-order valence-electron chi connectivity index (χ4n) is 2.11. The highest BCUT2D eigenvalue weighted by Gasteiger charge is 2.50. The van der Waals surface area contributed by atoms with Gasteiger partial charge in [-0.1, -0.05) is 0 Å². The van der Waals surface area contributed by atoms with Crippen LogP contribution >= 0.6 is 0 Å². The molecule has 64 valence electrons. The molecule has 11 heavy (non-hydrogen) atoms. The first-order valence-corrected chi connectivity index (χ1v) is 4.53. The van der Waals surface area contributed by atoms with Gasteiger partial charge in [0.05, 0.1) is 0 Å². The number of aliphatic hydroxyl groups excluding tert-OH is 1. The van der Waals surface area contributed by atoms with Gasteiger partial charge in [0.1, 0.15) is 0 Å². The van der Waals surface area contributed by atoms with Gasteiger partial charge < -0.3 is 5.11 Å². The maximum atomic E-state index is 8.89. The predicted molar refractivity (Wildman–Crippen MR) is 44.4 cm³/mol. The standard InChI is InChI=1S/C9H17NO/c1-9(2)3-4-10(9)8-5-7(8)6-11/h7-8,11H,3-6H2,1-2H3. The number of aliphatic hydroxyl groups is 1. The molecule has 2 rings (SSSR count). The summed E-state index contributed by atoms with van der Waals surface area (Å²) in [4.78, 5) is 2.54. The summed E-state index contributed by atoms with van der Waals surface area (Å²) < 4.78 is 0. The maximum Gasteiger partial charge on any atom is 0.0474 e. The molecular formula is C9H17NO. The number of likely N-dealkylation sites (tertiary alicyclic amines) is 1. The van der Waals surface area contributed by atoms with E-state index in [0.717, 1.165) is 0 Å². The molecule has 1 saturated heterocycles. The van der Waals surface area contributed by atoms with Crippen molar-refractivity contribution in [2.75, 3.05) is 13.2 Å². The molecule has 0 aromatic carbocycles. The average Bonchev–Trinajstić information content (AvgIpc) is 2.66. The minimum Gasteiger partial charge on any atom is -0.396 e. The van der Waals surface area contributed by atoms with Crippen LogP contribution in [0.5, 0.6) is 0 Å². The van der Waals surface area contributed by atoms with Gasteiger partial charge in [-0.05, 0) is 32.6 Å². The molecule has 2 unspecified atom stereocenters. The summed E-state index contributed by atoms with van der Waals surface area (Å²) in [5.41, 5.74) is 0.425. The predicted octanol–water partition coefficient (Wildman–Crippen LogP) is 0.851. The van der Waals surface area contributed by atoms with Crippen molar-refractivity contribution >= 4 is 0 Å². The molecule has 1 saturated carbocycles. The molecule has 2 aliphatic rings. The lowest BCUT2D eigenvalue weighted by atomic mass is 9.88. The molecule has 0 aromatic heterocycles. The average molecular weight is 155 g/mol. The Morgan fingerprint density at radius 3 is 2.55 bits per heavy atom. The van der Waals surface area contributed by atoms with Crippen LogP contribution in [0.4, 0.5) is 0 Å². The third kappa shape index (κ3) is 1.09. The van der Waals surface area contributed by atoms with Crippen molar-refractivity contribution in [3.8, 4) is 0 Å². The first-order valence-electron chi connectivity index (χ1n) is 4.53. The van der Waals surface area contributed by atoms with Gasteiger partial charge in [-0.2, -0.15) is 0 Å². The minimum absolute atomic E-state index is 0.386. The van der Waals surface area contributed by atoms with E-state index in [1.807, 2.05) is 0 Å². The zero-order chi connectivity index (χ0) is 8.06. The first-order chi connectivity index (χ1) is 5.15. The van der Waals surface area contributed by atoms with Gasteiger partial charge in [-0.15, -0.1) is 0 Å². The number of rotatable bonds is 2. The third-order valence-corrected chi connectivity index (χ3v) is 3.26. The molecule has 1 aliphatic heterocycles. The van der Waals surface area contributed by atoms with Crippen LogP contribution in [-0.4, -0.2) is 34.7 Å². The van der Waals surface area contributed by atoms with Crippen LogP contribution in [0.15, 0.2) is 0 Å². The molecular weight excluding hydrogens is 138 g/mol. The summed E-state index contributed by atoms with van der Waals surface area (Å²) in [6, 6.07) is 0.712. The van der Waals surface area contributed by atoms with Gasteiger partial charge in [0, 0.05) is 24.7 Å². The second-order valence-corrected chi connectivity index (χ2v) is 4.50. The van der Waals surface area contributed by atoms with Crippen LogP contribution in [0, 0.1) is 5.92 Å². The first kappa shape index (κ1) is 7.56. The van der Waals surface area contributed by atoms with Crippen molar-refractivity contribution in [3.63, 3.8) is 0 Å². The molecule has 1 heterocycles. The quantitative estimate of drug-likeness (QED) is 0.639. The Morgan fingerprint density at radius 2 is 2.27 bits per heavy atom. The van der Waals surface area contributed by atoms with Crippen LogP contribution in [-0.2, 0) is 0 Å². The molecule has 0 aromatic rings. The van der Waals surface area contributed by atoms with Gasteiger partial charge in [0.15, 0.2) is 0 Å². The van der Waals surface area contributed by atoms with Crippen LogP contribution in [0.2, 0.25) is 0 Å². The van der Waals surface area contributed by atoms with Crippen molar-refractivity contribution in [2.45, 2.75) is 38.3 Å². The Morgan fingerprint density at radius 1 is 1.55 bits per heavy atom. The molecule has 1 N–H and O–H groups in total. The SMILES string of the molecule is CC1(C)CCN1C1CC1CO. The number of nitrogens with zero attached hydrogens (tertiary/aromatic N) is 1. The van der Waals surface area contributed by atoms with E-state index in [0.29, 0.717) is 24.1 Å². The molecule has 0 bridgehead atoms. The Labute approximate surface area is 68.2 Å². The lowest BCUT2D eigenvalue weighted by Gasteiger charge is -2.49. The van der Waals surface area contributed by atoms with Gasteiger partial charge in [-0.3, -0.25) is 4.90 Å². The zero-order valence-corrected chi connectivity index (χ0v) is 7.38. The summed E-state index contributed by atoms with van der Waals surface area (Å²) in [6.45, 7) is 6.22. The lowest BCUT2D eigenvalue weighted by Crippen LogP contribution is -2.57. The molecule has 1 aliphatic carbocycles. The summed E-state index contributed by atoms with van der Waals surface area (Å²) in [5, 5.41) is 8.89. The van der Waals surface area contributed by atoms with Crippen molar-refractivity contribution in [3.05, 3.63) is 0 Å². The van der Waals surface area contributed by atoms with E-state index < -0.39 is 0 Å². The highest BCUT2D eigenvalue weighted by molar-refractivity contribution is 5.04. The van der Waals surface area contributed by atoms with Gasteiger partial charge >= 0.3 is 0 Å². The Hall–Kier alpha value is -0.0800. The number of hydrogen-bond acceptors (Lipinski definition) is 2. The van der Waals surface area contributed by atoms with Crippen molar-refractivity contribution in [2.24, 2.45) is 5.92 Å². The van der Waals surface area contributed by atoms with E-state index in [-0.39, 0.29) is 0 Å². The molecule has 2 atom stereocenters. The zero-order valence-electron chi connectivity index (χ0n) is 7.38. The molecule has 2 heteroatoms. The van der Waals surface area contributed by atoms with E-state index in [2.05, 4.69) is 18.7 Å².